The van der Waals surface area contributed by atoms with Gasteiger partial charge in [0.05, 0.1) is 12.3 Å². The van der Waals surface area contributed by atoms with Crippen molar-refractivity contribution >= 4 is 5.71 Å². The largest absolute Gasteiger partial charge is 0.391 e. The summed E-state index contributed by atoms with van der Waals surface area (Å²) in [6.45, 7) is 9.65. The minimum Gasteiger partial charge on any atom is -0.391 e. The van der Waals surface area contributed by atoms with Crippen molar-refractivity contribution in [3.63, 3.8) is 0 Å². The van der Waals surface area contributed by atoms with E-state index in [0.717, 1.165) is 18.7 Å². The van der Waals surface area contributed by atoms with Crippen LogP contribution >= 0.6 is 0 Å². The summed E-state index contributed by atoms with van der Waals surface area (Å²) in [5.74, 6) is 0.524. The van der Waals surface area contributed by atoms with Crippen LogP contribution in [0.4, 0.5) is 0 Å². The van der Waals surface area contributed by atoms with E-state index in [1.54, 1.807) is 0 Å². The Labute approximate surface area is 93.2 Å². The van der Waals surface area contributed by atoms with Crippen LogP contribution in [0.25, 0.3) is 0 Å². The van der Waals surface area contributed by atoms with Crippen molar-refractivity contribution in [3.05, 3.63) is 22.9 Å². The van der Waals surface area contributed by atoms with Crippen LogP contribution in [0, 0.1) is 5.92 Å². The summed E-state index contributed by atoms with van der Waals surface area (Å²) in [6, 6.07) is 0. The maximum atomic E-state index is 4.57. The molecule has 1 heterocycles. The highest BCUT2D eigenvalue weighted by Gasteiger charge is 2.13. The fourth-order valence-electron chi connectivity index (χ4n) is 1.80. The van der Waals surface area contributed by atoms with Gasteiger partial charge in [0.1, 0.15) is 0 Å². The van der Waals surface area contributed by atoms with E-state index in [4.69, 9.17) is 0 Å². The Morgan fingerprint density at radius 2 is 2.20 bits per heavy atom. The predicted molar refractivity (Wildman–Crippen MR) is 67.3 cm³/mol. The molecule has 1 rings (SSSR count). The molecule has 0 aliphatic carbocycles. The summed E-state index contributed by atoms with van der Waals surface area (Å²) in [6.07, 6.45) is 3.30. The van der Waals surface area contributed by atoms with Gasteiger partial charge in [-0.25, -0.2) is 0 Å². The van der Waals surface area contributed by atoms with Gasteiger partial charge in [-0.2, -0.15) is 0 Å². The Hall–Kier alpha value is -1.05. The molecule has 1 aliphatic heterocycles. The van der Waals surface area contributed by atoms with E-state index in [1.807, 2.05) is 7.05 Å². The number of hydrogen-bond acceptors (Lipinski definition) is 2. The predicted octanol–water partition coefficient (Wildman–Crippen LogP) is 2.93. The van der Waals surface area contributed by atoms with Gasteiger partial charge in [-0.05, 0) is 36.5 Å². The molecule has 2 nitrogen and oxygen atoms in total. The Bertz CT molecular complexity index is 319. The van der Waals surface area contributed by atoms with E-state index in [9.17, 15) is 0 Å². The average molecular weight is 206 g/mol. The summed E-state index contributed by atoms with van der Waals surface area (Å²) in [5.41, 5.74) is 5.25. The number of nitrogens with zero attached hydrogens (tertiary/aromatic N) is 1. The van der Waals surface area contributed by atoms with E-state index in [-0.39, 0.29) is 0 Å². The molecule has 15 heavy (non-hydrogen) atoms. The number of hydrogen-bond donors (Lipinski definition) is 1. The molecule has 0 unspecified atom stereocenters. The molecule has 0 aromatic heterocycles. The lowest BCUT2D eigenvalue weighted by atomic mass is 10.0. The molecule has 0 aromatic rings. The van der Waals surface area contributed by atoms with Gasteiger partial charge in [0.15, 0.2) is 0 Å². The fourth-order valence-corrected chi connectivity index (χ4v) is 1.80. The quantitative estimate of drug-likeness (QED) is 0.751. The van der Waals surface area contributed by atoms with E-state index < -0.39 is 0 Å². The second kappa shape index (κ2) is 5.15. The SMILES string of the molecule is CCC1=C(C)C(/C=C(\NC)C(C)C)=NC1. The van der Waals surface area contributed by atoms with E-state index >= 15 is 0 Å². The van der Waals surface area contributed by atoms with Crippen LogP contribution in [-0.2, 0) is 0 Å². The van der Waals surface area contributed by atoms with Gasteiger partial charge in [-0.15, -0.1) is 0 Å². The van der Waals surface area contributed by atoms with E-state index in [1.165, 1.54) is 16.8 Å². The molecule has 0 saturated heterocycles. The van der Waals surface area contributed by atoms with Crippen molar-refractivity contribution in [2.75, 3.05) is 13.6 Å². The summed E-state index contributed by atoms with van der Waals surface area (Å²) in [4.78, 5) is 4.57. The fraction of sp³-hybridized carbons (Fsp3) is 0.615. The first kappa shape index (κ1) is 12.0. The number of rotatable bonds is 4. The number of nitrogens with one attached hydrogen (secondary N) is 1. The summed E-state index contributed by atoms with van der Waals surface area (Å²) in [7, 11) is 1.97. The van der Waals surface area contributed by atoms with Gasteiger partial charge in [0.2, 0.25) is 0 Å². The summed E-state index contributed by atoms with van der Waals surface area (Å²) < 4.78 is 0. The van der Waals surface area contributed by atoms with Gasteiger partial charge in [-0.3, -0.25) is 4.99 Å². The van der Waals surface area contributed by atoms with Crippen LogP contribution in [0.15, 0.2) is 27.9 Å². The molecule has 1 N–H and O–H groups in total. The second-order valence-electron chi connectivity index (χ2n) is 4.29. The normalized spacial score (nSPS) is 17.5. The van der Waals surface area contributed by atoms with Crippen molar-refractivity contribution in [2.45, 2.75) is 34.1 Å². The Balaban J connectivity index is 2.88. The zero-order valence-corrected chi connectivity index (χ0v) is 10.5. The smallest absolute Gasteiger partial charge is 0.0624 e. The van der Waals surface area contributed by atoms with Gasteiger partial charge in [0, 0.05) is 12.7 Å². The highest BCUT2D eigenvalue weighted by molar-refractivity contribution is 6.10. The average Bonchev–Trinajstić information content (AvgIpc) is 2.55. The van der Waals surface area contributed by atoms with Crippen molar-refractivity contribution in [3.8, 4) is 0 Å². The van der Waals surface area contributed by atoms with Crippen molar-refractivity contribution in [1.29, 1.82) is 0 Å². The lowest BCUT2D eigenvalue weighted by Crippen LogP contribution is -2.13. The molecule has 0 aromatic carbocycles. The monoisotopic (exact) mass is 206 g/mol. The van der Waals surface area contributed by atoms with Crippen LogP contribution in [0.3, 0.4) is 0 Å². The molecule has 0 fully saturated rings. The lowest BCUT2D eigenvalue weighted by Gasteiger charge is -2.11. The summed E-state index contributed by atoms with van der Waals surface area (Å²) in [5, 5.41) is 3.24. The van der Waals surface area contributed by atoms with Crippen LogP contribution in [0.1, 0.15) is 34.1 Å². The second-order valence-corrected chi connectivity index (χ2v) is 4.29. The van der Waals surface area contributed by atoms with Gasteiger partial charge >= 0.3 is 0 Å². The number of aliphatic imine (C=N–C) groups is 1. The molecular weight excluding hydrogens is 184 g/mol. The first-order valence-corrected chi connectivity index (χ1v) is 5.72. The van der Waals surface area contributed by atoms with Crippen molar-refractivity contribution in [2.24, 2.45) is 10.9 Å². The molecule has 1 aliphatic rings. The molecule has 0 radical (unpaired) electrons. The van der Waals surface area contributed by atoms with Crippen molar-refractivity contribution < 1.29 is 0 Å². The maximum Gasteiger partial charge on any atom is 0.0624 e. The molecule has 84 valence electrons. The number of allylic oxidation sites excluding steroid dienone is 3. The van der Waals surface area contributed by atoms with Crippen molar-refractivity contribution in [1.82, 2.24) is 5.32 Å². The zero-order valence-electron chi connectivity index (χ0n) is 10.5. The van der Waals surface area contributed by atoms with Gasteiger partial charge in [0.25, 0.3) is 0 Å². The van der Waals surface area contributed by atoms with Crippen LogP contribution < -0.4 is 5.32 Å². The van der Waals surface area contributed by atoms with Gasteiger partial charge < -0.3 is 5.32 Å². The first-order valence-electron chi connectivity index (χ1n) is 5.72. The third-order valence-corrected chi connectivity index (χ3v) is 2.98. The lowest BCUT2D eigenvalue weighted by molar-refractivity contribution is 0.701. The molecule has 2 heteroatoms. The van der Waals surface area contributed by atoms with Crippen LogP contribution in [0.5, 0.6) is 0 Å². The highest BCUT2D eigenvalue weighted by atomic mass is 14.8. The van der Waals surface area contributed by atoms with E-state index in [2.05, 4.69) is 44.1 Å². The Morgan fingerprint density at radius 3 is 2.60 bits per heavy atom. The molecular formula is C13H22N2. The molecule has 0 atom stereocenters. The zero-order chi connectivity index (χ0) is 11.4. The maximum absolute atomic E-state index is 4.57. The molecule has 0 saturated carbocycles. The van der Waals surface area contributed by atoms with Crippen LogP contribution in [-0.4, -0.2) is 19.3 Å². The van der Waals surface area contributed by atoms with Crippen LogP contribution in [0.2, 0.25) is 0 Å². The highest BCUT2D eigenvalue weighted by Crippen LogP contribution is 2.19. The van der Waals surface area contributed by atoms with Gasteiger partial charge in [-0.1, -0.05) is 20.8 Å². The third-order valence-electron chi connectivity index (χ3n) is 2.98. The van der Waals surface area contributed by atoms with E-state index in [0.29, 0.717) is 5.92 Å². The molecule has 0 bridgehead atoms. The first-order chi connectivity index (χ1) is 7.10. The Kier molecular flexibility index (Phi) is 4.13. The summed E-state index contributed by atoms with van der Waals surface area (Å²) >= 11 is 0. The molecule has 0 spiro atoms. The third kappa shape index (κ3) is 2.71. The Morgan fingerprint density at radius 1 is 1.53 bits per heavy atom. The minimum atomic E-state index is 0.524. The minimum absolute atomic E-state index is 0.524. The topological polar surface area (TPSA) is 24.4 Å². The standard InChI is InChI=1S/C13H22N2/c1-6-11-8-15-13(10(11)4)7-12(14-5)9(2)3/h7,9,14H,6,8H2,1-5H3/b12-7-. The molecule has 0 amide bonds.